The van der Waals surface area contributed by atoms with E-state index in [-0.39, 0.29) is 22.9 Å². The molecule has 1 amide bonds. The number of nitrogens with one attached hydrogen (secondary N) is 1. The summed E-state index contributed by atoms with van der Waals surface area (Å²) in [6.07, 6.45) is 7.33. The van der Waals surface area contributed by atoms with Gasteiger partial charge in [-0.1, -0.05) is 18.6 Å². The van der Waals surface area contributed by atoms with Crippen LogP contribution in [0.25, 0.3) is 10.9 Å². The number of carbonyl (C=O) groups is 1. The number of amides is 1. The molecule has 0 radical (unpaired) electrons. The number of aromatic nitrogens is 1. The smallest absolute Gasteiger partial charge is 0.259 e. The van der Waals surface area contributed by atoms with Crippen LogP contribution in [0.2, 0.25) is 0 Å². The summed E-state index contributed by atoms with van der Waals surface area (Å²) in [4.78, 5) is 33.6. The number of hydrogen-bond acceptors (Lipinski definition) is 3. The molecule has 4 rings (SSSR count). The Hall–Kier alpha value is -2.14. The van der Waals surface area contributed by atoms with Gasteiger partial charge in [0.2, 0.25) is 5.43 Å². The van der Waals surface area contributed by atoms with Crippen LogP contribution in [-0.4, -0.2) is 52.4 Å². The number of carbonyl (C=O) groups excluding carboxylic acids is 1. The number of benzene rings is 1. The van der Waals surface area contributed by atoms with E-state index in [1.807, 2.05) is 30.0 Å². The number of pyridine rings is 1. The zero-order valence-corrected chi connectivity index (χ0v) is 15.6. The topological polar surface area (TPSA) is 56.4 Å². The van der Waals surface area contributed by atoms with E-state index in [1.54, 1.807) is 12.3 Å². The van der Waals surface area contributed by atoms with Crippen molar-refractivity contribution >= 4 is 16.8 Å². The lowest BCUT2D eigenvalue weighted by Gasteiger charge is -2.49. The molecule has 2 fully saturated rings. The first kappa shape index (κ1) is 17.3. The molecule has 1 aromatic heterocycles. The molecular weight excluding hydrogens is 326 g/mol. The number of piperidine rings is 2. The zero-order chi connectivity index (χ0) is 18.3. The number of fused-ring (bicyclic) bond motifs is 3. The van der Waals surface area contributed by atoms with Crippen molar-refractivity contribution in [1.82, 2.24) is 14.8 Å². The van der Waals surface area contributed by atoms with Crippen molar-refractivity contribution in [2.75, 3.05) is 13.6 Å². The number of rotatable bonds is 3. The van der Waals surface area contributed by atoms with Gasteiger partial charge in [-0.2, -0.15) is 0 Å². The van der Waals surface area contributed by atoms with Crippen molar-refractivity contribution in [2.45, 2.75) is 57.2 Å². The van der Waals surface area contributed by atoms with Crippen LogP contribution >= 0.6 is 0 Å². The van der Waals surface area contributed by atoms with Crippen LogP contribution in [0.1, 0.15) is 49.4 Å². The summed E-state index contributed by atoms with van der Waals surface area (Å²) in [6.45, 7) is 2.65. The maximum absolute atomic E-state index is 13.2. The van der Waals surface area contributed by atoms with Crippen molar-refractivity contribution in [3.8, 4) is 0 Å². The molecule has 2 aliphatic rings. The predicted molar refractivity (Wildman–Crippen MR) is 103 cm³/mol. The highest BCUT2D eigenvalue weighted by atomic mass is 16.2. The first-order valence-corrected chi connectivity index (χ1v) is 9.73. The third-order valence-electron chi connectivity index (χ3n) is 6.38. The van der Waals surface area contributed by atoms with E-state index in [0.717, 1.165) is 18.4 Å². The molecule has 2 unspecified atom stereocenters. The lowest BCUT2D eigenvalue weighted by molar-refractivity contribution is 0.0113. The maximum Gasteiger partial charge on any atom is 0.259 e. The van der Waals surface area contributed by atoms with Gasteiger partial charge in [-0.15, -0.1) is 0 Å². The lowest BCUT2D eigenvalue weighted by atomic mass is 9.81. The third-order valence-corrected chi connectivity index (χ3v) is 6.38. The molecule has 3 heterocycles. The van der Waals surface area contributed by atoms with E-state index in [4.69, 9.17) is 0 Å². The van der Waals surface area contributed by atoms with Gasteiger partial charge in [-0.05, 0) is 51.8 Å². The van der Waals surface area contributed by atoms with Gasteiger partial charge in [-0.25, -0.2) is 0 Å². The fourth-order valence-electron chi connectivity index (χ4n) is 4.89. The van der Waals surface area contributed by atoms with Crippen molar-refractivity contribution in [3.63, 3.8) is 0 Å². The van der Waals surface area contributed by atoms with E-state index in [1.165, 1.54) is 19.3 Å². The average Bonchev–Trinajstić information content (AvgIpc) is 2.63. The summed E-state index contributed by atoms with van der Waals surface area (Å²) in [7, 11) is 2.22. The number of aromatic amines is 1. The Morgan fingerprint density at radius 3 is 2.62 bits per heavy atom. The van der Waals surface area contributed by atoms with Gasteiger partial charge in [0.05, 0.1) is 0 Å². The quantitative estimate of drug-likeness (QED) is 0.923. The molecule has 1 N–H and O–H groups in total. The summed E-state index contributed by atoms with van der Waals surface area (Å²) in [6, 6.07) is 8.71. The molecule has 0 spiro atoms. The summed E-state index contributed by atoms with van der Waals surface area (Å²) in [5.74, 6) is -0.132. The molecule has 2 aromatic rings. The summed E-state index contributed by atoms with van der Waals surface area (Å²) in [5.41, 5.74) is 0.858. The Labute approximate surface area is 154 Å². The summed E-state index contributed by atoms with van der Waals surface area (Å²) in [5, 5.41) is 0.578. The molecule has 5 heteroatoms. The van der Waals surface area contributed by atoms with Gasteiger partial charge >= 0.3 is 0 Å². The van der Waals surface area contributed by atoms with Crippen LogP contribution in [0.4, 0.5) is 0 Å². The van der Waals surface area contributed by atoms with Crippen molar-refractivity contribution in [2.24, 2.45) is 0 Å². The molecule has 5 nitrogen and oxygen atoms in total. The van der Waals surface area contributed by atoms with E-state index >= 15 is 0 Å². The van der Waals surface area contributed by atoms with Gasteiger partial charge in [0.25, 0.3) is 5.91 Å². The average molecular weight is 353 g/mol. The van der Waals surface area contributed by atoms with E-state index < -0.39 is 0 Å². The fraction of sp³-hybridized carbons (Fsp3) is 0.524. The van der Waals surface area contributed by atoms with Gasteiger partial charge in [-0.3, -0.25) is 9.59 Å². The standard InChI is InChI=1S/C21H27N3O2/c1-3-24(16-11-14-7-6-8-15(12-16)23(14)2)21(26)18-13-22-19-10-5-4-9-17(19)20(18)25/h4-5,9-10,13-16H,3,6-8,11-12H2,1-2H3,(H,22,25). The SMILES string of the molecule is CCN(C(=O)c1c[nH]c2ccccc2c1=O)C1CC2CCCC(C1)N2C. The number of hydrogen-bond donors (Lipinski definition) is 1. The van der Waals surface area contributed by atoms with Crippen molar-refractivity contribution < 1.29 is 4.79 Å². The number of H-pyrrole nitrogens is 1. The highest BCUT2D eigenvalue weighted by Crippen LogP contribution is 2.35. The second-order valence-electron chi connectivity index (χ2n) is 7.70. The second-order valence-corrected chi connectivity index (χ2v) is 7.70. The molecule has 0 saturated carbocycles. The number of para-hydroxylation sites is 1. The second kappa shape index (κ2) is 6.88. The molecule has 138 valence electrons. The fourth-order valence-corrected chi connectivity index (χ4v) is 4.89. The van der Waals surface area contributed by atoms with E-state index in [2.05, 4.69) is 16.9 Å². The van der Waals surface area contributed by atoms with Gasteiger partial charge in [0.1, 0.15) is 5.56 Å². The van der Waals surface area contributed by atoms with Crippen molar-refractivity contribution in [3.05, 3.63) is 46.2 Å². The maximum atomic E-state index is 13.2. The molecule has 2 aliphatic heterocycles. The van der Waals surface area contributed by atoms with Gasteiger partial charge < -0.3 is 14.8 Å². The van der Waals surface area contributed by atoms with Crippen LogP contribution in [0, 0.1) is 0 Å². The first-order chi connectivity index (χ1) is 12.6. The summed E-state index contributed by atoms with van der Waals surface area (Å²) < 4.78 is 0. The molecule has 1 aromatic carbocycles. The largest absolute Gasteiger partial charge is 0.360 e. The van der Waals surface area contributed by atoms with Crippen LogP contribution < -0.4 is 5.43 Å². The molecule has 2 atom stereocenters. The van der Waals surface area contributed by atoms with Crippen molar-refractivity contribution in [1.29, 1.82) is 0 Å². The lowest BCUT2D eigenvalue weighted by Crippen LogP contribution is -2.56. The van der Waals surface area contributed by atoms with Crippen LogP contribution in [-0.2, 0) is 0 Å². The molecular formula is C21H27N3O2. The predicted octanol–water partition coefficient (Wildman–Crippen LogP) is 3.01. The van der Waals surface area contributed by atoms with Crippen LogP contribution in [0.3, 0.4) is 0 Å². The Bertz CT molecular complexity index is 861. The molecule has 26 heavy (non-hydrogen) atoms. The monoisotopic (exact) mass is 353 g/mol. The van der Waals surface area contributed by atoms with Crippen LogP contribution in [0.15, 0.2) is 35.3 Å². The zero-order valence-electron chi connectivity index (χ0n) is 15.6. The highest BCUT2D eigenvalue weighted by molar-refractivity contribution is 5.97. The normalized spacial score (nSPS) is 26.0. The first-order valence-electron chi connectivity index (χ1n) is 9.73. The van der Waals surface area contributed by atoms with Crippen LogP contribution in [0.5, 0.6) is 0 Å². The Balaban J connectivity index is 1.64. The molecule has 2 saturated heterocycles. The Kier molecular flexibility index (Phi) is 4.57. The third kappa shape index (κ3) is 2.84. The van der Waals surface area contributed by atoms with E-state index in [9.17, 15) is 9.59 Å². The Morgan fingerprint density at radius 2 is 1.92 bits per heavy atom. The van der Waals surface area contributed by atoms with Gasteiger partial charge in [0.15, 0.2) is 0 Å². The minimum absolute atomic E-state index is 0.132. The molecule has 0 aliphatic carbocycles. The summed E-state index contributed by atoms with van der Waals surface area (Å²) >= 11 is 0. The number of nitrogens with zero attached hydrogens (tertiary/aromatic N) is 2. The van der Waals surface area contributed by atoms with Gasteiger partial charge in [0, 0.05) is 41.8 Å². The molecule has 2 bridgehead atoms. The minimum Gasteiger partial charge on any atom is -0.360 e. The van der Waals surface area contributed by atoms with E-state index in [0.29, 0.717) is 24.0 Å². The Morgan fingerprint density at radius 1 is 1.23 bits per heavy atom. The minimum atomic E-state index is -0.170. The highest BCUT2D eigenvalue weighted by Gasteiger charge is 2.39.